The highest BCUT2D eigenvalue weighted by Crippen LogP contribution is 2.19. The predicted octanol–water partition coefficient (Wildman–Crippen LogP) is -0.112. The first-order valence-corrected chi connectivity index (χ1v) is 8.58. The van der Waals surface area contributed by atoms with Gasteiger partial charge < -0.3 is 26.1 Å². The van der Waals surface area contributed by atoms with Gasteiger partial charge in [-0.05, 0) is 30.7 Å². The van der Waals surface area contributed by atoms with Crippen LogP contribution in [0.1, 0.15) is 12.1 Å². The van der Waals surface area contributed by atoms with Crippen molar-refractivity contribution in [3.8, 4) is 0 Å². The number of nitrogens with one attached hydrogen (secondary N) is 4. The molecular formula is C18H22N6O3. The molecule has 142 valence electrons. The van der Waals surface area contributed by atoms with E-state index < -0.39 is 11.9 Å². The largest absolute Gasteiger partial charge is 0.487 e. The van der Waals surface area contributed by atoms with Crippen molar-refractivity contribution in [1.82, 2.24) is 25.7 Å². The van der Waals surface area contributed by atoms with Crippen LogP contribution in [0.2, 0.25) is 0 Å². The van der Waals surface area contributed by atoms with E-state index in [1.54, 1.807) is 36.2 Å². The molecule has 0 saturated carbocycles. The molecule has 1 aromatic heterocycles. The molecule has 1 aliphatic heterocycles. The van der Waals surface area contributed by atoms with Gasteiger partial charge in [-0.15, -0.1) is 0 Å². The van der Waals surface area contributed by atoms with Gasteiger partial charge >= 0.3 is 0 Å². The van der Waals surface area contributed by atoms with Gasteiger partial charge in [-0.25, -0.2) is 0 Å². The Hall–Kier alpha value is -3.36. The average molecular weight is 370 g/mol. The minimum Gasteiger partial charge on any atom is -0.487 e. The monoisotopic (exact) mass is 370 g/mol. The first-order chi connectivity index (χ1) is 13.0. The Bertz CT molecular complexity index is 864. The maximum atomic E-state index is 12.6. The lowest BCUT2D eigenvalue weighted by Gasteiger charge is -2.18. The number of hydrogen-bond acceptors (Lipinski definition) is 6. The van der Waals surface area contributed by atoms with Crippen LogP contribution in [0.15, 0.2) is 47.5 Å². The molecule has 1 atom stereocenters. The Labute approximate surface area is 156 Å². The number of carbonyl (C=O) groups is 2. The average Bonchev–Trinajstić information content (AvgIpc) is 3.24. The van der Waals surface area contributed by atoms with Crippen molar-refractivity contribution in [2.75, 3.05) is 13.6 Å². The summed E-state index contributed by atoms with van der Waals surface area (Å²) in [7, 11) is 3.43. The van der Waals surface area contributed by atoms with E-state index in [0.717, 1.165) is 5.69 Å². The highest BCUT2D eigenvalue weighted by atomic mass is 16.5. The molecule has 1 unspecified atom stereocenters. The first kappa shape index (κ1) is 18.4. The standard InChI is InChI=1S/C18H22N6O3/c1-20-16(18(26)23-15-6-7-21-17(15)25)13-9-12(3-4-14(13)19)27-10-11-5-8-22-24(11)2/h3-5,8-9,15,19-20H,6-7,10H2,1-2H3,(H,21,25)(H,23,26)/b16-13-,19-14?. The smallest absolute Gasteiger partial charge is 0.268 e. The molecule has 2 heterocycles. The topological polar surface area (TPSA) is 121 Å². The molecule has 27 heavy (non-hydrogen) atoms. The van der Waals surface area contributed by atoms with Crippen molar-refractivity contribution in [2.45, 2.75) is 19.1 Å². The number of ether oxygens (including phenoxy) is 1. The zero-order chi connectivity index (χ0) is 19.4. The van der Waals surface area contributed by atoms with Crippen molar-refractivity contribution in [1.29, 1.82) is 5.41 Å². The fourth-order valence-corrected chi connectivity index (χ4v) is 2.85. The predicted molar refractivity (Wildman–Crippen MR) is 98.6 cm³/mol. The van der Waals surface area contributed by atoms with Crippen LogP contribution in [0.4, 0.5) is 0 Å². The molecule has 1 aromatic rings. The summed E-state index contributed by atoms with van der Waals surface area (Å²) < 4.78 is 7.48. The van der Waals surface area contributed by atoms with Crippen molar-refractivity contribution in [3.63, 3.8) is 0 Å². The lowest BCUT2D eigenvalue weighted by atomic mass is 10.0. The molecule has 0 bridgehead atoms. The van der Waals surface area contributed by atoms with Gasteiger partial charge in [-0.3, -0.25) is 14.3 Å². The number of likely N-dealkylation sites (N-methyl/N-ethyl adjacent to an activating group) is 1. The van der Waals surface area contributed by atoms with Crippen LogP contribution < -0.4 is 16.0 Å². The first-order valence-electron chi connectivity index (χ1n) is 8.58. The van der Waals surface area contributed by atoms with Gasteiger partial charge in [0.05, 0.1) is 11.4 Å². The summed E-state index contributed by atoms with van der Waals surface area (Å²) in [6, 6.07) is 1.30. The molecule has 9 heteroatoms. The zero-order valence-corrected chi connectivity index (χ0v) is 15.2. The fraction of sp³-hybridized carbons (Fsp3) is 0.333. The second kappa shape index (κ2) is 7.90. The highest BCUT2D eigenvalue weighted by Gasteiger charge is 2.28. The van der Waals surface area contributed by atoms with Gasteiger partial charge in [0.25, 0.3) is 5.91 Å². The lowest BCUT2D eigenvalue weighted by molar-refractivity contribution is -0.125. The fourth-order valence-electron chi connectivity index (χ4n) is 2.85. The molecule has 9 nitrogen and oxygen atoms in total. The summed E-state index contributed by atoms with van der Waals surface area (Å²) in [5.41, 5.74) is 1.69. The quantitative estimate of drug-likeness (QED) is 0.521. The summed E-state index contributed by atoms with van der Waals surface area (Å²) in [6.45, 7) is 0.857. The van der Waals surface area contributed by atoms with Crippen LogP contribution in [0, 0.1) is 5.41 Å². The molecular weight excluding hydrogens is 348 g/mol. The Balaban J connectivity index is 1.77. The van der Waals surface area contributed by atoms with Crippen molar-refractivity contribution in [2.24, 2.45) is 7.05 Å². The molecule has 4 N–H and O–H groups in total. The molecule has 0 aromatic carbocycles. The number of allylic oxidation sites excluding steroid dienone is 4. The van der Waals surface area contributed by atoms with Gasteiger partial charge in [0.1, 0.15) is 24.1 Å². The van der Waals surface area contributed by atoms with Crippen LogP contribution in [0.3, 0.4) is 0 Å². The second-order valence-electron chi connectivity index (χ2n) is 6.17. The van der Waals surface area contributed by atoms with E-state index in [9.17, 15) is 9.59 Å². The van der Waals surface area contributed by atoms with Crippen LogP contribution >= 0.6 is 0 Å². The highest BCUT2D eigenvalue weighted by molar-refractivity contribution is 6.15. The van der Waals surface area contributed by atoms with Gasteiger partial charge in [0.2, 0.25) is 5.91 Å². The number of carbonyl (C=O) groups excluding carboxylic acids is 2. The third-order valence-electron chi connectivity index (χ3n) is 4.40. The molecule has 2 amide bonds. The van der Waals surface area contributed by atoms with Crippen LogP contribution in [-0.2, 0) is 28.0 Å². The number of amides is 2. The second-order valence-corrected chi connectivity index (χ2v) is 6.17. The van der Waals surface area contributed by atoms with E-state index >= 15 is 0 Å². The summed E-state index contributed by atoms with van der Waals surface area (Å²) in [5, 5.41) is 20.4. The number of hydrogen-bond donors (Lipinski definition) is 4. The maximum absolute atomic E-state index is 12.6. The van der Waals surface area contributed by atoms with E-state index in [-0.39, 0.29) is 17.3 Å². The Morgan fingerprint density at radius 2 is 2.30 bits per heavy atom. The molecule has 1 aliphatic carbocycles. The van der Waals surface area contributed by atoms with E-state index in [1.165, 1.54) is 0 Å². The van der Waals surface area contributed by atoms with Crippen LogP contribution in [0.25, 0.3) is 0 Å². The van der Waals surface area contributed by atoms with Gasteiger partial charge in [-0.1, -0.05) is 0 Å². The van der Waals surface area contributed by atoms with E-state index in [1.807, 2.05) is 13.1 Å². The summed E-state index contributed by atoms with van der Waals surface area (Å²) >= 11 is 0. The lowest BCUT2D eigenvalue weighted by Crippen LogP contribution is -2.43. The molecule has 1 saturated heterocycles. The number of aromatic nitrogens is 2. The van der Waals surface area contributed by atoms with E-state index in [0.29, 0.717) is 30.9 Å². The Kier molecular flexibility index (Phi) is 5.39. The SMILES string of the molecule is CN/C(C(=O)NC1CCNC1=O)=C1/C=C(OCc2ccnn2C)C=CC1=N. The molecule has 1 fully saturated rings. The van der Waals surface area contributed by atoms with Crippen molar-refractivity contribution in [3.05, 3.63) is 53.2 Å². The molecule has 0 spiro atoms. The van der Waals surface area contributed by atoms with Crippen LogP contribution in [-0.4, -0.2) is 46.9 Å². The van der Waals surface area contributed by atoms with E-state index in [2.05, 4.69) is 21.0 Å². The Morgan fingerprint density at radius 1 is 1.48 bits per heavy atom. The third kappa shape index (κ3) is 4.08. The number of aryl methyl sites for hydroxylation is 1. The summed E-state index contributed by atoms with van der Waals surface area (Å²) in [4.78, 5) is 24.3. The molecule has 3 rings (SSSR count). The minimum atomic E-state index is -0.556. The normalized spacial score (nSPS) is 20.8. The van der Waals surface area contributed by atoms with Gasteiger partial charge in [0.15, 0.2) is 0 Å². The van der Waals surface area contributed by atoms with Crippen LogP contribution in [0.5, 0.6) is 0 Å². The number of nitrogens with zero attached hydrogens (tertiary/aromatic N) is 2. The Morgan fingerprint density at radius 3 is 2.93 bits per heavy atom. The maximum Gasteiger partial charge on any atom is 0.268 e. The van der Waals surface area contributed by atoms with Gasteiger partial charge in [-0.2, -0.15) is 5.10 Å². The minimum absolute atomic E-state index is 0.179. The third-order valence-corrected chi connectivity index (χ3v) is 4.40. The van der Waals surface area contributed by atoms with Gasteiger partial charge in [0, 0.05) is 32.4 Å². The summed E-state index contributed by atoms with van der Waals surface area (Å²) in [6.07, 6.45) is 7.12. The summed E-state index contributed by atoms with van der Waals surface area (Å²) in [5.74, 6) is -0.101. The van der Waals surface area contributed by atoms with E-state index in [4.69, 9.17) is 10.1 Å². The molecule has 2 aliphatic rings. The van der Waals surface area contributed by atoms with Crippen molar-refractivity contribution >= 4 is 17.5 Å². The molecule has 0 radical (unpaired) electrons. The number of rotatable bonds is 6. The zero-order valence-electron chi connectivity index (χ0n) is 15.2. The van der Waals surface area contributed by atoms with Crippen molar-refractivity contribution < 1.29 is 14.3 Å².